The van der Waals surface area contributed by atoms with Gasteiger partial charge in [-0.25, -0.2) is 0 Å². The molecule has 1 N–H and O–H groups in total. The molecule has 294 valence electrons. The monoisotopic (exact) mass is 769 g/mol. The molecule has 55 heavy (non-hydrogen) atoms. The number of fused-ring (bicyclic) bond motifs is 2. The van der Waals surface area contributed by atoms with Crippen molar-refractivity contribution in [2.75, 3.05) is 50.3 Å². The molecule has 0 unspecified atom stereocenters. The average molecular weight is 770 g/mol. The summed E-state index contributed by atoms with van der Waals surface area (Å²) in [7, 11) is 0.447. The van der Waals surface area contributed by atoms with E-state index in [4.69, 9.17) is 14.2 Å². The molecule has 4 atom stereocenters. The Balaban J connectivity index is 1.43. The van der Waals surface area contributed by atoms with E-state index in [0.717, 1.165) is 40.7 Å². The minimum Gasteiger partial charge on any atom is -0.497 e. The summed E-state index contributed by atoms with van der Waals surface area (Å²) in [6.45, 7) is 7.94. The van der Waals surface area contributed by atoms with Gasteiger partial charge in [0, 0.05) is 56.2 Å². The normalized spacial score (nSPS) is 22.3. The third-order valence-electron chi connectivity index (χ3n) is 12.0. The average Bonchev–Trinajstić information content (AvgIpc) is 3.62. The van der Waals surface area contributed by atoms with Crippen molar-refractivity contribution in [1.29, 1.82) is 0 Å². The highest BCUT2D eigenvalue weighted by Gasteiger charge is 2.66. The number of hydrogen-bond acceptors (Lipinski definition) is 8. The number of aliphatic hydroxyl groups is 1. The zero-order valence-corrected chi connectivity index (χ0v) is 33.8. The Hall–Kier alpha value is -4.52. The minimum absolute atomic E-state index is 0.0300. The second-order valence-corrected chi connectivity index (χ2v) is 20.3. The molecule has 0 radical (unpaired) electrons. The molecule has 2 saturated heterocycles. The lowest BCUT2D eigenvalue weighted by atomic mass is 9.82. The molecular formula is C43H55N3O8Si. The highest BCUT2D eigenvalue weighted by molar-refractivity contribution is 6.91. The number of nitrogens with zero attached hydrogens (tertiary/aromatic N) is 3. The number of carbonyl (C=O) groups is 4. The number of hydrogen-bond donors (Lipinski definition) is 1. The number of carbonyl (C=O) groups excluding carboxylic acids is 4. The highest BCUT2D eigenvalue weighted by atomic mass is 28.3. The Labute approximate surface area is 325 Å². The standard InChI is InChI=1S/C43H55N3O8Si/c1-30-41(55(4,5)34-20-18-33(52-2)19-21-34)37(28-39(49)44(25-26-47)29-31-13-7-6-8-14-31)54-43(30)35-27-32(45-23-11-9-15-38(45)48)17-22-36(35)46(42(43)51)24-12-10-16-40(50)53-3/h6-8,13-14,17-22,27,30,37,41,47H,9-12,15-16,23-26,28-29H2,1-5H3/t30-,37+,41-,43+/m1/s1. The van der Waals surface area contributed by atoms with Gasteiger partial charge in [-0.3, -0.25) is 19.2 Å². The predicted octanol–water partition coefficient (Wildman–Crippen LogP) is 5.53. The third-order valence-corrected chi connectivity index (χ3v) is 16.4. The van der Waals surface area contributed by atoms with Gasteiger partial charge in [0.1, 0.15) is 5.75 Å². The zero-order chi connectivity index (χ0) is 39.3. The predicted molar refractivity (Wildman–Crippen MR) is 214 cm³/mol. The van der Waals surface area contributed by atoms with Crippen molar-refractivity contribution in [2.45, 2.75) is 88.8 Å². The van der Waals surface area contributed by atoms with Crippen LogP contribution in [0.4, 0.5) is 11.4 Å². The number of anilines is 2. The van der Waals surface area contributed by atoms with Crippen LogP contribution < -0.4 is 19.7 Å². The van der Waals surface area contributed by atoms with Crippen molar-refractivity contribution in [3.05, 3.63) is 83.9 Å². The zero-order valence-electron chi connectivity index (χ0n) is 32.8. The highest BCUT2D eigenvalue weighted by Crippen LogP contribution is 2.60. The van der Waals surface area contributed by atoms with E-state index in [1.165, 1.54) is 7.11 Å². The minimum atomic E-state index is -2.56. The fraction of sp³-hybridized carbons (Fsp3) is 0.488. The maximum Gasteiger partial charge on any atom is 0.305 e. The summed E-state index contributed by atoms with van der Waals surface area (Å²) in [5, 5.41) is 11.2. The van der Waals surface area contributed by atoms with Gasteiger partial charge in [-0.1, -0.05) is 67.7 Å². The Bertz CT molecular complexity index is 1850. The number of aliphatic hydroxyl groups excluding tert-OH is 1. The molecule has 0 saturated carbocycles. The van der Waals surface area contributed by atoms with Gasteiger partial charge < -0.3 is 34.0 Å². The number of methoxy groups -OCH3 is 2. The first-order valence-corrected chi connectivity index (χ1v) is 22.6. The van der Waals surface area contributed by atoms with Crippen LogP contribution >= 0.6 is 0 Å². The summed E-state index contributed by atoms with van der Waals surface area (Å²) in [5.41, 5.74) is 1.52. The van der Waals surface area contributed by atoms with Gasteiger partial charge in [-0.05, 0) is 67.1 Å². The smallest absolute Gasteiger partial charge is 0.305 e. The van der Waals surface area contributed by atoms with E-state index in [1.54, 1.807) is 16.9 Å². The van der Waals surface area contributed by atoms with E-state index in [2.05, 4.69) is 32.2 Å². The first-order chi connectivity index (χ1) is 26.5. The van der Waals surface area contributed by atoms with E-state index >= 15 is 4.79 Å². The Morgan fingerprint density at radius 2 is 1.75 bits per heavy atom. The lowest BCUT2D eigenvalue weighted by molar-refractivity contribution is -0.149. The molecule has 0 aliphatic carbocycles. The van der Waals surface area contributed by atoms with Gasteiger partial charge >= 0.3 is 5.97 Å². The fourth-order valence-electron chi connectivity index (χ4n) is 9.13. The van der Waals surface area contributed by atoms with Crippen molar-refractivity contribution in [3.8, 4) is 5.75 Å². The largest absolute Gasteiger partial charge is 0.497 e. The molecule has 2 fully saturated rings. The van der Waals surface area contributed by atoms with Gasteiger partial charge in [0.05, 0.1) is 47.1 Å². The molecule has 3 aromatic rings. The molecule has 11 nitrogen and oxygen atoms in total. The van der Waals surface area contributed by atoms with Crippen LogP contribution in [0.15, 0.2) is 72.8 Å². The van der Waals surface area contributed by atoms with Crippen LogP contribution in [-0.2, 0) is 40.8 Å². The molecule has 3 amide bonds. The van der Waals surface area contributed by atoms with Crippen LogP contribution in [0, 0.1) is 5.92 Å². The Morgan fingerprint density at radius 3 is 2.42 bits per heavy atom. The van der Waals surface area contributed by atoms with Crippen LogP contribution in [0.25, 0.3) is 0 Å². The van der Waals surface area contributed by atoms with E-state index < -0.39 is 19.8 Å². The lowest BCUT2D eigenvalue weighted by Gasteiger charge is -2.37. The van der Waals surface area contributed by atoms with Crippen molar-refractivity contribution < 1.29 is 38.5 Å². The van der Waals surface area contributed by atoms with Crippen LogP contribution in [0.2, 0.25) is 18.6 Å². The SMILES string of the molecule is COC(=O)CCCCN1C(=O)[C@@]2(O[C@@H](CC(=O)N(CCO)Cc3ccccc3)[C@H]([Si](C)(C)c3ccc(OC)cc3)[C@H]2C)c2cc(N3CCCCC3=O)ccc21. The quantitative estimate of drug-likeness (QED) is 0.122. The van der Waals surface area contributed by atoms with Gasteiger partial charge in [-0.2, -0.15) is 0 Å². The maximum absolute atomic E-state index is 15.2. The lowest BCUT2D eigenvalue weighted by Crippen LogP contribution is -2.52. The number of piperidine rings is 1. The summed E-state index contributed by atoms with van der Waals surface area (Å²) in [4.78, 5) is 60.0. The number of ether oxygens (including phenoxy) is 3. The fourth-order valence-corrected chi connectivity index (χ4v) is 13.1. The van der Waals surface area contributed by atoms with Crippen LogP contribution in [0.1, 0.15) is 63.0 Å². The van der Waals surface area contributed by atoms with Crippen LogP contribution in [0.5, 0.6) is 5.75 Å². The number of amides is 3. The number of unbranched alkanes of at least 4 members (excludes halogenated alkanes) is 1. The number of rotatable bonds is 15. The van der Waals surface area contributed by atoms with Crippen molar-refractivity contribution in [3.63, 3.8) is 0 Å². The number of esters is 1. The van der Waals surface area contributed by atoms with Crippen molar-refractivity contribution >= 4 is 48.3 Å². The summed E-state index contributed by atoms with van der Waals surface area (Å²) in [5.74, 6) is -0.192. The molecule has 1 spiro atoms. The first kappa shape index (κ1) is 40.1. The van der Waals surface area contributed by atoms with Gasteiger partial charge in [0.15, 0.2) is 5.60 Å². The molecule has 3 heterocycles. The van der Waals surface area contributed by atoms with Gasteiger partial charge in [0.25, 0.3) is 5.91 Å². The summed E-state index contributed by atoms with van der Waals surface area (Å²) < 4.78 is 17.6. The van der Waals surface area contributed by atoms with E-state index in [-0.39, 0.29) is 61.1 Å². The second kappa shape index (κ2) is 17.1. The molecule has 3 aliphatic heterocycles. The van der Waals surface area contributed by atoms with E-state index in [9.17, 15) is 19.5 Å². The Morgan fingerprint density at radius 1 is 1.00 bits per heavy atom. The van der Waals surface area contributed by atoms with Crippen molar-refractivity contribution in [1.82, 2.24) is 4.90 Å². The maximum atomic E-state index is 15.2. The van der Waals surface area contributed by atoms with Crippen LogP contribution in [0.3, 0.4) is 0 Å². The molecule has 12 heteroatoms. The summed E-state index contributed by atoms with van der Waals surface area (Å²) >= 11 is 0. The Kier molecular flexibility index (Phi) is 12.5. The molecule has 0 aromatic heterocycles. The third kappa shape index (κ3) is 7.95. The van der Waals surface area contributed by atoms with Crippen LogP contribution in [-0.4, -0.2) is 88.3 Å². The number of benzene rings is 3. The van der Waals surface area contributed by atoms with Crippen molar-refractivity contribution in [2.24, 2.45) is 5.92 Å². The molecule has 0 bridgehead atoms. The molecule has 6 rings (SSSR count). The second-order valence-electron chi connectivity index (χ2n) is 15.6. The van der Waals surface area contributed by atoms with Gasteiger partial charge in [0.2, 0.25) is 11.8 Å². The summed E-state index contributed by atoms with van der Waals surface area (Å²) in [6, 6.07) is 23.6. The van der Waals surface area contributed by atoms with E-state index in [0.29, 0.717) is 44.5 Å². The first-order valence-electron chi connectivity index (χ1n) is 19.5. The molecule has 3 aliphatic rings. The summed E-state index contributed by atoms with van der Waals surface area (Å²) in [6.07, 6.45) is 3.00. The topological polar surface area (TPSA) is 126 Å². The molecule has 3 aromatic carbocycles. The van der Waals surface area contributed by atoms with Gasteiger partial charge in [-0.15, -0.1) is 0 Å². The van der Waals surface area contributed by atoms with E-state index in [1.807, 2.05) is 65.6 Å². The molecular weight excluding hydrogens is 715 g/mol.